The fourth-order valence-electron chi connectivity index (χ4n) is 2.17. The Kier molecular flexibility index (Phi) is 1.44. The van der Waals surface area contributed by atoms with Crippen LogP contribution in [-0.4, -0.2) is 19.3 Å². The second kappa shape index (κ2) is 2.19. The highest BCUT2D eigenvalue weighted by Gasteiger charge is 2.41. The van der Waals surface area contributed by atoms with Gasteiger partial charge < -0.3 is 5.32 Å². The van der Waals surface area contributed by atoms with Crippen LogP contribution in [0.2, 0.25) is 0 Å². The summed E-state index contributed by atoms with van der Waals surface area (Å²) in [6, 6.07) is 0. The maximum atomic E-state index is 12.8. The van der Waals surface area contributed by atoms with Gasteiger partial charge in [-0.05, 0) is 24.7 Å². The van der Waals surface area contributed by atoms with Crippen molar-refractivity contribution in [3.8, 4) is 0 Å². The second-order valence-corrected chi connectivity index (χ2v) is 3.79. The Morgan fingerprint density at radius 2 is 2.20 bits per heavy atom. The lowest BCUT2D eigenvalue weighted by Crippen LogP contribution is -2.49. The van der Waals surface area contributed by atoms with Crippen molar-refractivity contribution in [3.63, 3.8) is 0 Å². The van der Waals surface area contributed by atoms with E-state index < -0.39 is 6.17 Å². The third kappa shape index (κ3) is 0.947. The van der Waals surface area contributed by atoms with Gasteiger partial charge in [0.15, 0.2) is 0 Å². The zero-order valence-corrected chi connectivity index (χ0v) is 6.20. The van der Waals surface area contributed by atoms with Crippen molar-refractivity contribution in [1.82, 2.24) is 5.32 Å². The van der Waals surface area contributed by atoms with Crippen LogP contribution in [0.5, 0.6) is 0 Å². The molecule has 2 aliphatic rings. The van der Waals surface area contributed by atoms with E-state index in [4.69, 9.17) is 0 Å². The average molecular weight is 143 g/mol. The molecule has 10 heavy (non-hydrogen) atoms. The van der Waals surface area contributed by atoms with Crippen LogP contribution in [0.4, 0.5) is 4.39 Å². The van der Waals surface area contributed by atoms with Crippen molar-refractivity contribution in [2.24, 2.45) is 5.41 Å². The minimum Gasteiger partial charge on any atom is -0.313 e. The van der Waals surface area contributed by atoms with E-state index >= 15 is 0 Å². The SMILES string of the molecule is FC1CNCC2(CCC2)C1. The van der Waals surface area contributed by atoms with Crippen molar-refractivity contribution in [3.05, 3.63) is 0 Å². The molecule has 1 heterocycles. The van der Waals surface area contributed by atoms with Crippen LogP contribution in [0.25, 0.3) is 0 Å². The molecule has 0 aromatic heterocycles. The Morgan fingerprint density at radius 3 is 2.60 bits per heavy atom. The molecule has 1 spiro atoms. The zero-order chi connectivity index (χ0) is 7.03. The first kappa shape index (κ1) is 6.59. The number of halogens is 1. The lowest BCUT2D eigenvalue weighted by Gasteiger charge is -2.46. The van der Waals surface area contributed by atoms with Crippen molar-refractivity contribution in [2.45, 2.75) is 31.9 Å². The van der Waals surface area contributed by atoms with E-state index in [1.165, 1.54) is 19.3 Å². The fraction of sp³-hybridized carbons (Fsp3) is 1.00. The highest BCUT2D eigenvalue weighted by atomic mass is 19.1. The fourth-order valence-corrected chi connectivity index (χ4v) is 2.17. The number of piperidine rings is 1. The lowest BCUT2D eigenvalue weighted by atomic mass is 9.64. The molecule has 1 saturated heterocycles. The Hall–Kier alpha value is -0.110. The number of alkyl halides is 1. The van der Waals surface area contributed by atoms with Gasteiger partial charge in [0.25, 0.3) is 0 Å². The van der Waals surface area contributed by atoms with Crippen LogP contribution < -0.4 is 5.32 Å². The minimum absolute atomic E-state index is 0.387. The van der Waals surface area contributed by atoms with Gasteiger partial charge in [0.05, 0.1) is 0 Å². The maximum absolute atomic E-state index is 12.8. The monoisotopic (exact) mass is 143 g/mol. The van der Waals surface area contributed by atoms with Crippen molar-refractivity contribution in [1.29, 1.82) is 0 Å². The van der Waals surface area contributed by atoms with E-state index in [-0.39, 0.29) is 0 Å². The predicted octanol–water partition coefficient (Wildman–Crippen LogP) is 1.49. The number of hydrogen-bond acceptors (Lipinski definition) is 1. The van der Waals surface area contributed by atoms with Crippen molar-refractivity contribution < 1.29 is 4.39 Å². The van der Waals surface area contributed by atoms with Gasteiger partial charge in [-0.1, -0.05) is 6.42 Å². The van der Waals surface area contributed by atoms with Crippen LogP contribution >= 0.6 is 0 Å². The van der Waals surface area contributed by atoms with Gasteiger partial charge in [0.2, 0.25) is 0 Å². The molecule has 1 unspecified atom stereocenters. The smallest absolute Gasteiger partial charge is 0.113 e. The van der Waals surface area contributed by atoms with Gasteiger partial charge in [0, 0.05) is 13.1 Å². The molecule has 2 rings (SSSR count). The Balaban J connectivity index is 1.96. The standard InChI is InChI=1S/C8H14FN/c9-7-4-8(2-1-3-8)6-10-5-7/h7,10H,1-6H2. The molecule has 2 fully saturated rings. The first-order valence-electron chi connectivity index (χ1n) is 4.16. The Morgan fingerprint density at radius 1 is 1.40 bits per heavy atom. The molecule has 0 amide bonds. The van der Waals surface area contributed by atoms with Crippen LogP contribution in [0.1, 0.15) is 25.7 Å². The van der Waals surface area contributed by atoms with Gasteiger partial charge in [-0.25, -0.2) is 4.39 Å². The topological polar surface area (TPSA) is 12.0 Å². The molecule has 1 N–H and O–H groups in total. The van der Waals surface area contributed by atoms with Crippen LogP contribution in [-0.2, 0) is 0 Å². The van der Waals surface area contributed by atoms with E-state index in [0.717, 1.165) is 13.0 Å². The molecule has 0 radical (unpaired) electrons. The Bertz CT molecular complexity index is 131. The number of hydrogen-bond donors (Lipinski definition) is 1. The summed E-state index contributed by atoms with van der Waals surface area (Å²) in [5, 5.41) is 3.15. The first-order valence-corrected chi connectivity index (χ1v) is 4.16. The van der Waals surface area contributed by atoms with Crippen LogP contribution in [0.15, 0.2) is 0 Å². The molecule has 1 atom stereocenters. The van der Waals surface area contributed by atoms with E-state index in [9.17, 15) is 4.39 Å². The third-order valence-corrected chi connectivity index (χ3v) is 2.93. The number of nitrogens with one attached hydrogen (secondary N) is 1. The highest BCUT2D eigenvalue weighted by molar-refractivity contribution is 4.94. The second-order valence-electron chi connectivity index (χ2n) is 3.79. The molecule has 1 saturated carbocycles. The zero-order valence-electron chi connectivity index (χ0n) is 6.20. The van der Waals surface area contributed by atoms with Crippen molar-refractivity contribution in [2.75, 3.05) is 13.1 Å². The normalized spacial score (nSPS) is 37.5. The van der Waals surface area contributed by atoms with Gasteiger partial charge in [-0.3, -0.25) is 0 Å². The summed E-state index contributed by atoms with van der Waals surface area (Å²) in [4.78, 5) is 0. The summed E-state index contributed by atoms with van der Waals surface area (Å²) in [7, 11) is 0. The molecule has 0 bridgehead atoms. The average Bonchev–Trinajstić information content (AvgIpc) is 1.85. The summed E-state index contributed by atoms with van der Waals surface area (Å²) >= 11 is 0. The van der Waals surface area contributed by atoms with Gasteiger partial charge >= 0.3 is 0 Å². The van der Waals surface area contributed by atoms with Crippen LogP contribution in [0, 0.1) is 5.41 Å². The van der Waals surface area contributed by atoms with Gasteiger partial charge in [-0.2, -0.15) is 0 Å². The van der Waals surface area contributed by atoms with E-state index in [1.54, 1.807) is 0 Å². The highest BCUT2D eigenvalue weighted by Crippen LogP contribution is 2.45. The lowest BCUT2D eigenvalue weighted by molar-refractivity contribution is 0.0478. The molecular weight excluding hydrogens is 129 g/mol. The molecule has 0 aromatic rings. The largest absolute Gasteiger partial charge is 0.313 e. The molecular formula is C8H14FN. The summed E-state index contributed by atoms with van der Waals surface area (Å²) in [6.07, 6.45) is 4.06. The molecule has 58 valence electrons. The molecule has 1 aliphatic carbocycles. The van der Waals surface area contributed by atoms with Crippen molar-refractivity contribution >= 4 is 0 Å². The van der Waals surface area contributed by atoms with Gasteiger partial charge in [-0.15, -0.1) is 0 Å². The summed E-state index contributed by atoms with van der Waals surface area (Å²) in [5.74, 6) is 0. The predicted molar refractivity (Wildman–Crippen MR) is 38.7 cm³/mol. The Labute approximate surface area is 61.0 Å². The molecule has 0 aromatic carbocycles. The summed E-state index contributed by atoms with van der Waals surface area (Å²) < 4.78 is 12.8. The van der Waals surface area contributed by atoms with E-state index in [1.807, 2.05) is 0 Å². The van der Waals surface area contributed by atoms with E-state index in [2.05, 4.69) is 5.32 Å². The summed E-state index contributed by atoms with van der Waals surface area (Å²) in [5.41, 5.74) is 0.387. The summed E-state index contributed by atoms with van der Waals surface area (Å²) in [6.45, 7) is 1.65. The minimum atomic E-state index is -0.575. The quantitative estimate of drug-likeness (QED) is 0.541. The van der Waals surface area contributed by atoms with E-state index in [0.29, 0.717) is 12.0 Å². The molecule has 1 nitrogen and oxygen atoms in total. The molecule has 2 heteroatoms. The van der Waals surface area contributed by atoms with Gasteiger partial charge in [0.1, 0.15) is 6.17 Å². The maximum Gasteiger partial charge on any atom is 0.113 e. The van der Waals surface area contributed by atoms with Crippen LogP contribution in [0.3, 0.4) is 0 Å². The first-order chi connectivity index (χ1) is 4.81. The third-order valence-electron chi connectivity index (χ3n) is 2.93. The molecule has 1 aliphatic heterocycles. The number of rotatable bonds is 0.